The fraction of sp³-hybridized carbons (Fsp3) is 0.333. The summed E-state index contributed by atoms with van der Waals surface area (Å²) < 4.78 is 5.57. The van der Waals surface area contributed by atoms with Crippen LogP contribution in [0.2, 0.25) is 0 Å². The maximum Gasteiger partial charge on any atom is 0.257 e. The third-order valence-electron chi connectivity index (χ3n) is 4.01. The van der Waals surface area contributed by atoms with Gasteiger partial charge in [-0.2, -0.15) is 0 Å². The lowest BCUT2D eigenvalue weighted by atomic mass is 10.1. The summed E-state index contributed by atoms with van der Waals surface area (Å²) in [5.74, 6) is 0.708. The highest BCUT2D eigenvalue weighted by molar-refractivity contribution is 5.97. The van der Waals surface area contributed by atoms with Crippen LogP contribution in [0.1, 0.15) is 17.3 Å². The third-order valence-corrected chi connectivity index (χ3v) is 4.01. The van der Waals surface area contributed by atoms with Crippen LogP contribution in [0.15, 0.2) is 48.8 Å². The molecule has 0 radical (unpaired) electrons. The fourth-order valence-corrected chi connectivity index (χ4v) is 2.82. The van der Waals surface area contributed by atoms with Crippen LogP contribution in [-0.4, -0.2) is 48.6 Å². The molecule has 0 unspecified atom stereocenters. The second kappa shape index (κ2) is 7.13. The van der Waals surface area contributed by atoms with Crippen LogP contribution in [0.4, 0.5) is 5.69 Å². The zero-order chi connectivity index (χ0) is 16.1. The number of nitrogens with zero attached hydrogens (tertiary/aromatic N) is 3. The summed E-state index contributed by atoms with van der Waals surface area (Å²) in [6.07, 6.45) is 3.59. The zero-order valence-electron chi connectivity index (χ0n) is 13.3. The molecule has 1 saturated heterocycles. The van der Waals surface area contributed by atoms with E-state index in [0.717, 1.165) is 18.8 Å². The molecule has 0 N–H and O–H groups in total. The van der Waals surface area contributed by atoms with Crippen molar-refractivity contribution in [1.82, 2.24) is 9.88 Å². The highest BCUT2D eigenvalue weighted by Gasteiger charge is 2.24. The first-order valence-electron chi connectivity index (χ1n) is 7.95. The summed E-state index contributed by atoms with van der Waals surface area (Å²) in [7, 11) is 0. The summed E-state index contributed by atoms with van der Waals surface area (Å²) in [5, 5.41) is 0. The van der Waals surface area contributed by atoms with E-state index in [1.807, 2.05) is 48.2 Å². The second-order valence-corrected chi connectivity index (χ2v) is 5.41. The number of rotatable bonds is 4. The highest BCUT2D eigenvalue weighted by atomic mass is 16.5. The van der Waals surface area contributed by atoms with E-state index in [1.54, 1.807) is 12.4 Å². The lowest BCUT2D eigenvalue weighted by Gasteiger charge is -2.36. The number of ether oxygens (including phenoxy) is 1. The average Bonchev–Trinajstić information content (AvgIpc) is 2.63. The van der Waals surface area contributed by atoms with Gasteiger partial charge in [0.2, 0.25) is 0 Å². The average molecular weight is 311 g/mol. The smallest absolute Gasteiger partial charge is 0.257 e. The Labute approximate surface area is 136 Å². The monoisotopic (exact) mass is 311 g/mol. The molecule has 1 aliphatic heterocycles. The molecule has 0 aliphatic carbocycles. The quantitative estimate of drug-likeness (QED) is 0.870. The molecule has 1 aromatic carbocycles. The van der Waals surface area contributed by atoms with Crippen molar-refractivity contribution in [2.45, 2.75) is 6.92 Å². The summed E-state index contributed by atoms with van der Waals surface area (Å²) >= 11 is 0. The first-order chi connectivity index (χ1) is 11.3. The van der Waals surface area contributed by atoms with Gasteiger partial charge in [-0.15, -0.1) is 0 Å². The number of carbonyl (C=O) groups excluding carboxylic acids is 1. The first kappa shape index (κ1) is 15.3. The Morgan fingerprint density at radius 2 is 1.78 bits per heavy atom. The maximum atomic E-state index is 12.8. The van der Waals surface area contributed by atoms with Gasteiger partial charge in [-0.1, -0.05) is 12.1 Å². The highest BCUT2D eigenvalue weighted by Crippen LogP contribution is 2.22. The zero-order valence-corrected chi connectivity index (χ0v) is 13.3. The Bertz CT molecular complexity index is 652. The van der Waals surface area contributed by atoms with Crippen molar-refractivity contribution in [3.8, 4) is 5.75 Å². The van der Waals surface area contributed by atoms with E-state index in [-0.39, 0.29) is 5.91 Å². The van der Waals surface area contributed by atoms with Crippen LogP contribution in [-0.2, 0) is 0 Å². The molecule has 23 heavy (non-hydrogen) atoms. The minimum Gasteiger partial charge on any atom is -0.493 e. The Kier molecular flexibility index (Phi) is 4.76. The lowest BCUT2D eigenvalue weighted by molar-refractivity contribution is 0.0742. The van der Waals surface area contributed by atoms with Gasteiger partial charge in [0.25, 0.3) is 5.91 Å². The normalized spacial score (nSPS) is 14.7. The summed E-state index contributed by atoms with van der Waals surface area (Å²) in [6, 6.07) is 11.5. The van der Waals surface area contributed by atoms with Crippen molar-refractivity contribution < 1.29 is 9.53 Å². The molecule has 5 nitrogen and oxygen atoms in total. The van der Waals surface area contributed by atoms with Gasteiger partial charge >= 0.3 is 0 Å². The van der Waals surface area contributed by atoms with Crippen molar-refractivity contribution in [3.63, 3.8) is 0 Å². The Balaban J connectivity index is 1.67. The van der Waals surface area contributed by atoms with E-state index in [0.29, 0.717) is 31.0 Å². The molecule has 0 spiro atoms. The predicted octanol–water partition coefficient (Wildman–Crippen LogP) is 2.44. The number of anilines is 1. The molecular formula is C18H21N3O2. The summed E-state index contributed by atoms with van der Waals surface area (Å²) in [6.45, 7) is 5.55. The number of aromatic nitrogens is 1. The van der Waals surface area contributed by atoms with Crippen LogP contribution in [0.5, 0.6) is 5.75 Å². The van der Waals surface area contributed by atoms with Gasteiger partial charge in [0, 0.05) is 44.3 Å². The lowest BCUT2D eigenvalue weighted by Crippen LogP contribution is -2.48. The van der Waals surface area contributed by atoms with Gasteiger partial charge in [-0.3, -0.25) is 9.78 Å². The van der Waals surface area contributed by atoms with Crippen LogP contribution < -0.4 is 9.64 Å². The third kappa shape index (κ3) is 3.44. The van der Waals surface area contributed by atoms with Gasteiger partial charge in [-0.25, -0.2) is 0 Å². The Hall–Kier alpha value is -2.56. The van der Waals surface area contributed by atoms with Gasteiger partial charge in [-0.05, 0) is 31.2 Å². The number of amides is 1. The molecule has 1 aliphatic rings. The molecule has 1 aromatic heterocycles. The van der Waals surface area contributed by atoms with E-state index in [9.17, 15) is 4.79 Å². The van der Waals surface area contributed by atoms with E-state index < -0.39 is 0 Å². The largest absolute Gasteiger partial charge is 0.493 e. The fourth-order valence-electron chi connectivity index (χ4n) is 2.82. The number of para-hydroxylation sites is 1. The molecule has 0 atom stereocenters. The van der Waals surface area contributed by atoms with Crippen LogP contribution in [0.25, 0.3) is 0 Å². The topological polar surface area (TPSA) is 45.7 Å². The SMILES string of the molecule is CCOc1ccccc1C(=O)N1CCN(c2ccncc2)CC1. The van der Waals surface area contributed by atoms with Crippen molar-refractivity contribution in [1.29, 1.82) is 0 Å². The number of pyridine rings is 1. The van der Waals surface area contributed by atoms with Crippen LogP contribution in [0, 0.1) is 0 Å². The standard InChI is InChI=1S/C18H21N3O2/c1-2-23-17-6-4-3-5-16(17)18(22)21-13-11-20(12-14-21)15-7-9-19-10-8-15/h3-10H,2,11-14H2,1H3. The maximum absolute atomic E-state index is 12.8. The predicted molar refractivity (Wildman–Crippen MR) is 90.0 cm³/mol. The molecule has 1 fully saturated rings. The van der Waals surface area contributed by atoms with Gasteiger partial charge in [0.1, 0.15) is 5.75 Å². The molecular weight excluding hydrogens is 290 g/mol. The number of piperazine rings is 1. The van der Waals surface area contributed by atoms with Gasteiger partial charge in [0.05, 0.1) is 12.2 Å². The van der Waals surface area contributed by atoms with Crippen molar-refractivity contribution in [2.75, 3.05) is 37.7 Å². The van der Waals surface area contributed by atoms with E-state index in [1.165, 1.54) is 0 Å². The number of carbonyl (C=O) groups is 1. The number of hydrogen-bond acceptors (Lipinski definition) is 4. The number of hydrogen-bond donors (Lipinski definition) is 0. The molecule has 1 amide bonds. The first-order valence-corrected chi connectivity index (χ1v) is 7.95. The minimum absolute atomic E-state index is 0.0448. The van der Waals surface area contributed by atoms with E-state index in [2.05, 4.69) is 9.88 Å². The van der Waals surface area contributed by atoms with E-state index in [4.69, 9.17) is 4.74 Å². The minimum atomic E-state index is 0.0448. The molecule has 0 bridgehead atoms. The number of benzene rings is 1. The van der Waals surface area contributed by atoms with Crippen LogP contribution >= 0.6 is 0 Å². The van der Waals surface area contributed by atoms with Crippen molar-refractivity contribution in [3.05, 3.63) is 54.4 Å². The summed E-state index contributed by atoms with van der Waals surface area (Å²) in [4.78, 5) is 21.0. The Morgan fingerprint density at radius 3 is 2.48 bits per heavy atom. The summed E-state index contributed by atoms with van der Waals surface area (Å²) in [5.41, 5.74) is 1.80. The molecule has 120 valence electrons. The van der Waals surface area contributed by atoms with Crippen LogP contribution in [0.3, 0.4) is 0 Å². The van der Waals surface area contributed by atoms with Crippen molar-refractivity contribution in [2.24, 2.45) is 0 Å². The van der Waals surface area contributed by atoms with E-state index >= 15 is 0 Å². The molecule has 0 saturated carbocycles. The second-order valence-electron chi connectivity index (χ2n) is 5.41. The Morgan fingerprint density at radius 1 is 1.09 bits per heavy atom. The van der Waals surface area contributed by atoms with Gasteiger partial charge in [0.15, 0.2) is 0 Å². The van der Waals surface area contributed by atoms with Gasteiger partial charge < -0.3 is 14.5 Å². The molecule has 3 rings (SSSR count). The molecule has 2 heterocycles. The molecule has 5 heteroatoms. The molecule has 2 aromatic rings. The van der Waals surface area contributed by atoms with Crippen molar-refractivity contribution >= 4 is 11.6 Å².